The molecule has 182 valence electrons. The van der Waals surface area contributed by atoms with E-state index in [2.05, 4.69) is 20.0 Å². The van der Waals surface area contributed by atoms with Crippen molar-refractivity contribution in [1.29, 1.82) is 0 Å². The molecule has 4 rings (SSSR count). The standard InChI is InChI=1S/C24H28N8O3/c1-34-20-14-18-19(15-21(20)35-2)27-24(28-23(18)25)32-12-10-31(11-13-32)22(33)5-3-4-16-6-8-17(9-7-16)29-30-26/h6-9,14-15H,3-5,10-13H2,1-2H3,(H2,25,27,28). The van der Waals surface area contributed by atoms with Gasteiger partial charge in [-0.25, -0.2) is 4.98 Å². The number of piperazine rings is 1. The lowest BCUT2D eigenvalue weighted by molar-refractivity contribution is -0.131. The molecule has 0 spiro atoms. The van der Waals surface area contributed by atoms with Gasteiger partial charge in [0.2, 0.25) is 11.9 Å². The van der Waals surface area contributed by atoms with Crippen molar-refractivity contribution in [1.82, 2.24) is 14.9 Å². The van der Waals surface area contributed by atoms with Gasteiger partial charge in [0.1, 0.15) is 5.82 Å². The molecule has 2 heterocycles. The number of nitrogens with two attached hydrogens (primary N) is 1. The van der Waals surface area contributed by atoms with Crippen molar-refractivity contribution in [2.75, 3.05) is 51.0 Å². The third-order valence-electron chi connectivity index (χ3n) is 6.09. The van der Waals surface area contributed by atoms with Crippen LogP contribution < -0.4 is 20.1 Å². The molecule has 0 bridgehead atoms. The number of amides is 1. The molecule has 2 N–H and O–H groups in total. The smallest absolute Gasteiger partial charge is 0.228 e. The lowest BCUT2D eigenvalue weighted by Crippen LogP contribution is -2.49. The van der Waals surface area contributed by atoms with Gasteiger partial charge < -0.3 is 25.0 Å². The first-order valence-electron chi connectivity index (χ1n) is 11.4. The number of carbonyl (C=O) groups excluding carboxylic acids is 1. The molecule has 1 aromatic heterocycles. The zero-order valence-corrected chi connectivity index (χ0v) is 19.8. The monoisotopic (exact) mass is 476 g/mol. The molecule has 2 aromatic carbocycles. The lowest BCUT2D eigenvalue weighted by atomic mass is 10.1. The molecular formula is C24H28N8O3. The van der Waals surface area contributed by atoms with Crippen molar-refractivity contribution in [3.8, 4) is 11.5 Å². The Kier molecular flexibility index (Phi) is 7.37. The van der Waals surface area contributed by atoms with Crippen LogP contribution >= 0.6 is 0 Å². The molecule has 1 aliphatic heterocycles. The fourth-order valence-corrected chi connectivity index (χ4v) is 4.15. The average molecular weight is 477 g/mol. The van der Waals surface area contributed by atoms with Crippen LogP contribution in [0.1, 0.15) is 18.4 Å². The number of fused-ring (bicyclic) bond motifs is 1. The average Bonchev–Trinajstić information content (AvgIpc) is 2.89. The van der Waals surface area contributed by atoms with Crippen molar-refractivity contribution in [3.63, 3.8) is 0 Å². The summed E-state index contributed by atoms with van der Waals surface area (Å²) in [6.45, 7) is 2.47. The molecule has 0 saturated carbocycles. The van der Waals surface area contributed by atoms with Crippen molar-refractivity contribution >= 4 is 34.3 Å². The number of hydrogen-bond donors (Lipinski definition) is 1. The summed E-state index contributed by atoms with van der Waals surface area (Å²) in [5.74, 6) is 2.20. The number of aryl methyl sites for hydroxylation is 1. The number of methoxy groups -OCH3 is 2. The van der Waals surface area contributed by atoms with Gasteiger partial charge >= 0.3 is 0 Å². The molecule has 0 atom stereocenters. The molecule has 0 aliphatic carbocycles. The fraction of sp³-hybridized carbons (Fsp3) is 0.375. The number of anilines is 2. The van der Waals surface area contributed by atoms with Crippen molar-refractivity contribution < 1.29 is 14.3 Å². The number of benzene rings is 2. The highest BCUT2D eigenvalue weighted by molar-refractivity contribution is 5.91. The first-order chi connectivity index (χ1) is 17.0. The van der Waals surface area contributed by atoms with Crippen LogP contribution in [0.3, 0.4) is 0 Å². The predicted octanol–water partition coefficient (Wildman–Crippen LogP) is 3.84. The van der Waals surface area contributed by atoms with Crippen LogP contribution in [-0.2, 0) is 11.2 Å². The summed E-state index contributed by atoms with van der Waals surface area (Å²) >= 11 is 0. The second kappa shape index (κ2) is 10.8. The van der Waals surface area contributed by atoms with E-state index in [1.807, 2.05) is 21.9 Å². The van der Waals surface area contributed by atoms with Gasteiger partial charge in [0.25, 0.3) is 0 Å². The molecule has 0 radical (unpaired) electrons. The van der Waals surface area contributed by atoms with Crippen LogP contribution in [0.2, 0.25) is 0 Å². The van der Waals surface area contributed by atoms with E-state index in [-0.39, 0.29) is 5.91 Å². The number of rotatable bonds is 8. The minimum Gasteiger partial charge on any atom is -0.493 e. The van der Waals surface area contributed by atoms with Gasteiger partial charge in [-0.1, -0.05) is 29.4 Å². The van der Waals surface area contributed by atoms with Crippen molar-refractivity contribution in [2.45, 2.75) is 19.3 Å². The summed E-state index contributed by atoms with van der Waals surface area (Å²) in [5, 5.41) is 4.27. The fourth-order valence-electron chi connectivity index (χ4n) is 4.15. The number of ether oxygens (including phenoxy) is 2. The predicted molar refractivity (Wildman–Crippen MR) is 134 cm³/mol. The normalized spacial score (nSPS) is 13.4. The number of carbonyl (C=O) groups is 1. The number of nitrogens with zero attached hydrogens (tertiary/aromatic N) is 7. The molecule has 35 heavy (non-hydrogen) atoms. The Bertz CT molecular complexity index is 1250. The van der Waals surface area contributed by atoms with E-state index >= 15 is 0 Å². The van der Waals surface area contributed by atoms with Crippen LogP contribution in [-0.4, -0.2) is 61.2 Å². The molecule has 1 fully saturated rings. The Morgan fingerprint density at radius 1 is 1.09 bits per heavy atom. The Labute approximate surface area is 203 Å². The van der Waals surface area contributed by atoms with Gasteiger partial charge in [0, 0.05) is 54.7 Å². The maximum atomic E-state index is 12.7. The lowest BCUT2D eigenvalue weighted by Gasteiger charge is -2.35. The SMILES string of the molecule is COc1cc2nc(N3CCN(C(=O)CCCc4ccc(N=[N+]=[N-])cc4)CC3)nc(N)c2cc1OC. The van der Waals surface area contributed by atoms with Gasteiger partial charge in [0.05, 0.1) is 19.7 Å². The second-order valence-electron chi connectivity index (χ2n) is 8.21. The molecule has 11 heteroatoms. The number of aromatic nitrogens is 2. The summed E-state index contributed by atoms with van der Waals surface area (Å²) in [6, 6.07) is 11.0. The Hall–Kier alpha value is -4.24. The van der Waals surface area contributed by atoms with E-state index in [4.69, 9.17) is 20.7 Å². The molecule has 1 aliphatic rings. The van der Waals surface area contributed by atoms with E-state index < -0.39 is 0 Å². The molecule has 1 saturated heterocycles. The van der Waals surface area contributed by atoms with Gasteiger partial charge in [-0.05, 0) is 30.0 Å². The van der Waals surface area contributed by atoms with Gasteiger partial charge in [-0.2, -0.15) is 4.98 Å². The summed E-state index contributed by atoms with van der Waals surface area (Å²) < 4.78 is 10.7. The van der Waals surface area contributed by atoms with E-state index in [1.54, 1.807) is 38.5 Å². The largest absolute Gasteiger partial charge is 0.493 e. The van der Waals surface area contributed by atoms with Crippen molar-refractivity contribution in [2.24, 2.45) is 5.11 Å². The third-order valence-corrected chi connectivity index (χ3v) is 6.09. The Morgan fingerprint density at radius 2 is 1.77 bits per heavy atom. The number of azide groups is 1. The molecule has 11 nitrogen and oxygen atoms in total. The van der Waals surface area contributed by atoms with E-state index in [1.165, 1.54) is 0 Å². The Morgan fingerprint density at radius 3 is 2.43 bits per heavy atom. The summed E-state index contributed by atoms with van der Waals surface area (Å²) in [5.41, 5.74) is 17.1. The van der Waals surface area contributed by atoms with Crippen molar-refractivity contribution in [3.05, 3.63) is 52.4 Å². The molecule has 1 amide bonds. The summed E-state index contributed by atoms with van der Waals surface area (Å²) in [4.78, 5) is 28.6. The number of nitrogen functional groups attached to an aromatic ring is 1. The summed E-state index contributed by atoms with van der Waals surface area (Å²) in [6.07, 6.45) is 2.04. The first kappa shape index (κ1) is 23.9. The summed E-state index contributed by atoms with van der Waals surface area (Å²) in [7, 11) is 3.15. The van der Waals surface area contributed by atoms with E-state index in [0.717, 1.165) is 18.4 Å². The zero-order chi connectivity index (χ0) is 24.8. The quantitative estimate of drug-likeness (QED) is 0.295. The molecular weight excluding hydrogens is 448 g/mol. The topological polar surface area (TPSA) is 143 Å². The molecule has 3 aromatic rings. The molecule has 0 unspecified atom stereocenters. The third kappa shape index (κ3) is 5.47. The second-order valence-corrected chi connectivity index (χ2v) is 8.21. The Balaban J connectivity index is 1.33. The zero-order valence-electron chi connectivity index (χ0n) is 19.8. The van der Waals surface area contributed by atoms with Crippen LogP contribution in [0.5, 0.6) is 11.5 Å². The minimum atomic E-state index is 0.145. The highest BCUT2D eigenvalue weighted by Crippen LogP contribution is 2.34. The maximum Gasteiger partial charge on any atom is 0.228 e. The van der Waals surface area contributed by atoms with Crippen LogP contribution in [0.25, 0.3) is 21.3 Å². The highest BCUT2D eigenvalue weighted by atomic mass is 16.5. The van der Waals surface area contributed by atoms with E-state index in [9.17, 15) is 4.79 Å². The van der Waals surface area contributed by atoms with Crippen LogP contribution in [0, 0.1) is 0 Å². The first-order valence-corrected chi connectivity index (χ1v) is 11.4. The maximum absolute atomic E-state index is 12.7. The minimum absolute atomic E-state index is 0.145. The van der Waals surface area contributed by atoms with Gasteiger partial charge in [-0.3, -0.25) is 4.79 Å². The van der Waals surface area contributed by atoms with Crippen LogP contribution in [0.4, 0.5) is 17.5 Å². The van der Waals surface area contributed by atoms with E-state index in [0.29, 0.717) is 72.5 Å². The van der Waals surface area contributed by atoms with Gasteiger partial charge in [0.15, 0.2) is 11.5 Å². The number of hydrogen-bond acceptors (Lipinski definition) is 8. The highest BCUT2D eigenvalue weighted by Gasteiger charge is 2.23. The van der Waals surface area contributed by atoms with Crippen LogP contribution in [0.15, 0.2) is 41.5 Å². The van der Waals surface area contributed by atoms with Gasteiger partial charge in [-0.15, -0.1) is 0 Å².